The van der Waals surface area contributed by atoms with Gasteiger partial charge in [-0.05, 0) is 33.3 Å². The summed E-state index contributed by atoms with van der Waals surface area (Å²) in [6.07, 6.45) is 1.77. The van der Waals surface area contributed by atoms with Gasteiger partial charge in [-0.3, -0.25) is 0 Å². The lowest BCUT2D eigenvalue weighted by atomic mass is 10.2. The Balaban J connectivity index is 2.53. The van der Waals surface area contributed by atoms with Gasteiger partial charge < -0.3 is 5.73 Å². The van der Waals surface area contributed by atoms with Gasteiger partial charge in [0.05, 0.1) is 5.69 Å². The largest absolute Gasteiger partial charge is 0.326 e. The Morgan fingerprint density at radius 1 is 1.18 bits per heavy atom. The Kier molecular flexibility index (Phi) is 2.93. The number of aryl methyl sites for hydroxylation is 2. The number of hydrogen-bond acceptors (Lipinski definition) is 4. The number of nitrogens with zero attached hydrogens (tertiary/aromatic N) is 4. The van der Waals surface area contributed by atoms with Crippen LogP contribution in [0.2, 0.25) is 0 Å². The van der Waals surface area contributed by atoms with Crippen molar-refractivity contribution in [3.05, 3.63) is 34.4 Å². The highest BCUT2D eigenvalue weighted by atomic mass is 15.4. The van der Waals surface area contributed by atoms with E-state index in [2.05, 4.69) is 22.0 Å². The highest BCUT2D eigenvalue weighted by molar-refractivity contribution is 5.29. The minimum Gasteiger partial charge on any atom is -0.326 e. The van der Waals surface area contributed by atoms with Crippen molar-refractivity contribution in [1.29, 1.82) is 0 Å². The summed E-state index contributed by atoms with van der Waals surface area (Å²) in [5.74, 6) is 0.605. The predicted octanol–water partition coefficient (Wildman–Crippen LogP) is 1.35. The van der Waals surface area contributed by atoms with Gasteiger partial charge in [0.2, 0.25) is 0 Å². The van der Waals surface area contributed by atoms with Crippen LogP contribution in [0.25, 0.3) is 5.95 Å². The smallest absolute Gasteiger partial charge is 0.250 e. The summed E-state index contributed by atoms with van der Waals surface area (Å²) in [6.45, 7) is 8.45. The summed E-state index contributed by atoms with van der Waals surface area (Å²) in [7, 11) is 0. The molecule has 0 radical (unpaired) electrons. The lowest BCUT2D eigenvalue weighted by Crippen LogP contribution is -2.09. The van der Waals surface area contributed by atoms with E-state index in [1.54, 1.807) is 10.9 Å². The molecular formula is C12H17N5. The molecule has 5 nitrogen and oxygen atoms in total. The molecule has 0 spiro atoms. The van der Waals surface area contributed by atoms with Crippen molar-refractivity contribution < 1.29 is 0 Å². The molecule has 2 aromatic heterocycles. The topological polar surface area (TPSA) is 69.6 Å². The zero-order valence-electron chi connectivity index (χ0n) is 10.7. The standard InChI is InChI=1S/C12H17N5/c1-7-8(2)16-17(10(7)4)12-14-6-11(5-13)9(3)15-12/h6H,5,13H2,1-4H3. The lowest BCUT2D eigenvalue weighted by molar-refractivity contribution is 0.761. The van der Waals surface area contributed by atoms with Gasteiger partial charge in [-0.1, -0.05) is 0 Å². The molecule has 0 atom stereocenters. The quantitative estimate of drug-likeness (QED) is 0.847. The van der Waals surface area contributed by atoms with E-state index in [9.17, 15) is 0 Å². The van der Waals surface area contributed by atoms with Crippen LogP contribution in [0.5, 0.6) is 0 Å². The molecule has 2 heterocycles. The third-order valence-corrected chi connectivity index (χ3v) is 3.13. The Morgan fingerprint density at radius 3 is 2.35 bits per heavy atom. The van der Waals surface area contributed by atoms with E-state index in [0.29, 0.717) is 12.5 Å². The molecular weight excluding hydrogens is 214 g/mol. The maximum Gasteiger partial charge on any atom is 0.250 e. The summed E-state index contributed by atoms with van der Waals surface area (Å²) < 4.78 is 1.78. The highest BCUT2D eigenvalue weighted by Crippen LogP contribution is 2.14. The van der Waals surface area contributed by atoms with E-state index in [1.807, 2.05) is 20.8 Å². The minimum absolute atomic E-state index is 0.461. The van der Waals surface area contributed by atoms with E-state index >= 15 is 0 Å². The molecule has 0 aliphatic rings. The van der Waals surface area contributed by atoms with Crippen LogP contribution in [0.1, 0.15) is 28.2 Å². The van der Waals surface area contributed by atoms with E-state index < -0.39 is 0 Å². The maximum absolute atomic E-state index is 5.60. The molecule has 2 rings (SSSR count). The monoisotopic (exact) mass is 231 g/mol. The fourth-order valence-corrected chi connectivity index (χ4v) is 1.70. The van der Waals surface area contributed by atoms with Gasteiger partial charge in [-0.2, -0.15) is 5.10 Å². The number of aromatic nitrogens is 4. The molecule has 0 fully saturated rings. The summed E-state index contributed by atoms with van der Waals surface area (Å²) in [5.41, 5.74) is 10.7. The summed E-state index contributed by atoms with van der Waals surface area (Å²) in [6, 6.07) is 0. The molecule has 0 saturated carbocycles. The van der Waals surface area contributed by atoms with Gasteiger partial charge in [0.1, 0.15) is 0 Å². The lowest BCUT2D eigenvalue weighted by Gasteiger charge is -2.06. The summed E-state index contributed by atoms with van der Waals surface area (Å²) in [5, 5.41) is 4.44. The third-order valence-electron chi connectivity index (χ3n) is 3.13. The van der Waals surface area contributed by atoms with Crippen LogP contribution in [0.4, 0.5) is 0 Å². The minimum atomic E-state index is 0.461. The maximum atomic E-state index is 5.60. The molecule has 0 amide bonds. The third kappa shape index (κ3) is 1.93. The molecule has 0 aliphatic heterocycles. The first-order valence-electron chi connectivity index (χ1n) is 5.60. The van der Waals surface area contributed by atoms with Crippen molar-refractivity contribution in [2.75, 3.05) is 0 Å². The Bertz CT molecular complexity index is 556. The van der Waals surface area contributed by atoms with Crippen molar-refractivity contribution in [2.45, 2.75) is 34.2 Å². The van der Waals surface area contributed by atoms with Crippen molar-refractivity contribution in [3.8, 4) is 5.95 Å². The van der Waals surface area contributed by atoms with Crippen molar-refractivity contribution in [3.63, 3.8) is 0 Å². The van der Waals surface area contributed by atoms with Crippen molar-refractivity contribution in [1.82, 2.24) is 19.7 Å². The molecule has 0 bridgehead atoms. The summed E-state index contributed by atoms with van der Waals surface area (Å²) >= 11 is 0. The number of nitrogens with two attached hydrogens (primary N) is 1. The zero-order chi connectivity index (χ0) is 12.6. The molecule has 0 unspecified atom stereocenters. The normalized spacial score (nSPS) is 10.9. The molecule has 0 saturated heterocycles. The molecule has 0 aliphatic carbocycles. The van der Waals surface area contributed by atoms with Crippen LogP contribution in [0.3, 0.4) is 0 Å². The fourth-order valence-electron chi connectivity index (χ4n) is 1.70. The van der Waals surface area contributed by atoms with Gasteiger partial charge in [-0.25, -0.2) is 14.6 Å². The molecule has 5 heteroatoms. The average Bonchev–Trinajstić information content (AvgIpc) is 2.57. The van der Waals surface area contributed by atoms with Crippen LogP contribution in [0.15, 0.2) is 6.20 Å². The first kappa shape index (κ1) is 11.7. The van der Waals surface area contributed by atoms with Gasteiger partial charge in [0.15, 0.2) is 0 Å². The van der Waals surface area contributed by atoms with Gasteiger partial charge in [0, 0.05) is 29.7 Å². The Hall–Kier alpha value is -1.75. The van der Waals surface area contributed by atoms with Crippen LogP contribution in [-0.2, 0) is 6.54 Å². The van der Waals surface area contributed by atoms with Crippen LogP contribution < -0.4 is 5.73 Å². The average molecular weight is 231 g/mol. The summed E-state index contributed by atoms with van der Waals surface area (Å²) in [4.78, 5) is 8.74. The van der Waals surface area contributed by atoms with E-state index in [0.717, 1.165) is 22.6 Å². The first-order valence-corrected chi connectivity index (χ1v) is 5.60. The number of hydrogen-bond donors (Lipinski definition) is 1. The van der Waals surface area contributed by atoms with Crippen LogP contribution in [-0.4, -0.2) is 19.7 Å². The SMILES string of the molecule is Cc1nc(-n2nc(C)c(C)c2C)ncc1CN. The predicted molar refractivity (Wildman–Crippen MR) is 66.0 cm³/mol. The highest BCUT2D eigenvalue weighted by Gasteiger charge is 2.11. The van der Waals surface area contributed by atoms with Crippen molar-refractivity contribution >= 4 is 0 Å². The second-order valence-electron chi connectivity index (χ2n) is 4.19. The van der Waals surface area contributed by atoms with Crippen LogP contribution in [0, 0.1) is 27.7 Å². The van der Waals surface area contributed by atoms with Gasteiger partial charge >= 0.3 is 0 Å². The zero-order valence-corrected chi connectivity index (χ0v) is 10.7. The van der Waals surface area contributed by atoms with Crippen LogP contribution >= 0.6 is 0 Å². The molecule has 2 aromatic rings. The Labute approximate surface area is 101 Å². The molecule has 90 valence electrons. The second-order valence-corrected chi connectivity index (χ2v) is 4.19. The molecule has 2 N–H and O–H groups in total. The van der Waals surface area contributed by atoms with E-state index in [4.69, 9.17) is 5.73 Å². The van der Waals surface area contributed by atoms with Crippen molar-refractivity contribution in [2.24, 2.45) is 5.73 Å². The van der Waals surface area contributed by atoms with Gasteiger partial charge in [-0.15, -0.1) is 0 Å². The molecule has 0 aromatic carbocycles. The van der Waals surface area contributed by atoms with E-state index in [1.165, 1.54) is 5.56 Å². The first-order chi connectivity index (χ1) is 8.04. The van der Waals surface area contributed by atoms with Gasteiger partial charge in [0.25, 0.3) is 5.95 Å². The Morgan fingerprint density at radius 2 is 1.88 bits per heavy atom. The fraction of sp³-hybridized carbons (Fsp3) is 0.417. The second kappa shape index (κ2) is 4.25. The van der Waals surface area contributed by atoms with E-state index in [-0.39, 0.29) is 0 Å². The number of rotatable bonds is 2. The molecule has 17 heavy (non-hydrogen) atoms.